The molecule has 86 valence electrons. The van der Waals surface area contributed by atoms with E-state index in [1.807, 2.05) is 6.92 Å². The first-order valence-electron chi connectivity index (χ1n) is 4.90. The van der Waals surface area contributed by atoms with Crippen LogP contribution in [0, 0.1) is 0 Å². The summed E-state index contributed by atoms with van der Waals surface area (Å²) in [6, 6.07) is -0.428. The van der Waals surface area contributed by atoms with Gasteiger partial charge in [-0.05, 0) is 6.42 Å². The lowest BCUT2D eigenvalue weighted by Gasteiger charge is -2.17. The van der Waals surface area contributed by atoms with Crippen LogP contribution in [0.1, 0.15) is 32.6 Å². The van der Waals surface area contributed by atoms with E-state index in [0.29, 0.717) is 6.42 Å². The van der Waals surface area contributed by atoms with E-state index in [2.05, 4.69) is 5.32 Å². The van der Waals surface area contributed by atoms with Crippen molar-refractivity contribution in [3.05, 3.63) is 0 Å². The molecule has 0 aromatic rings. The molecule has 0 spiro atoms. The van der Waals surface area contributed by atoms with Gasteiger partial charge in [0.25, 0.3) is 0 Å². The summed E-state index contributed by atoms with van der Waals surface area (Å²) in [5, 5.41) is 11.1. The minimum Gasteiger partial charge on any atom is -0.395 e. The third-order valence-corrected chi connectivity index (χ3v) is 1.97. The summed E-state index contributed by atoms with van der Waals surface area (Å²) in [6.45, 7) is 0.765. The van der Waals surface area contributed by atoms with Crippen molar-refractivity contribution in [2.45, 2.75) is 44.8 Å². The number of aliphatic hydroxyl groups excluding tert-OH is 1. The van der Waals surface area contributed by atoms with Gasteiger partial charge >= 0.3 is 6.18 Å². The number of hydrogen-bond acceptors (Lipinski definition) is 2. The highest BCUT2D eigenvalue weighted by Gasteiger charge is 2.27. The number of alkyl halides is 3. The standard InChI is InChI=1S/C9H18F3NO/c1-2-3-4-5-8(6-14)13-7-9(10,11)12/h8,13-14H,2-7H2,1H3. The third kappa shape index (κ3) is 8.31. The van der Waals surface area contributed by atoms with Crippen molar-refractivity contribution in [1.82, 2.24) is 5.32 Å². The Morgan fingerprint density at radius 1 is 1.29 bits per heavy atom. The van der Waals surface area contributed by atoms with E-state index in [0.717, 1.165) is 19.3 Å². The van der Waals surface area contributed by atoms with Gasteiger partial charge in [-0.2, -0.15) is 13.2 Å². The normalized spacial score (nSPS) is 14.4. The van der Waals surface area contributed by atoms with Crippen molar-refractivity contribution in [3.8, 4) is 0 Å². The van der Waals surface area contributed by atoms with E-state index >= 15 is 0 Å². The number of halogens is 3. The molecule has 0 amide bonds. The van der Waals surface area contributed by atoms with Crippen LogP contribution in [0.5, 0.6) is 0 Å². The third-order valence-electron chi connectivity index (χ3n) is 1.97. The Morgan fingerprint density at radius 3 is 2.36 bits per heavy atom. The van der Waals surface area contributed by atoms with Crippen LogP contribution in [-0.4, -0.2) is 30.5 Å². The lowest BCUT2D eigenvalue weighted by atomic mass is 10.1. The number of rotatable bonds is 7. The van der Waals surface area contributed by atoms with Gasteiger partial charge in [-0.15, -0.1) is 0 Å². The molecule has 0 aliphatic heterocycles. The Balaban J connectivity index is 3.58. The van der Waals surface area contributed by atoms with E-state index in [9.17, 15) is 13.2 Å². The molecule has 2 nitrogen and oxygen atoms in total. The number of nitrogens with one attached hydrogen (secondary N) is 1. The molecule has 14 heavy (non-hydrogen) atoms. The second kappa shape index (κ2) is 7.06. The van der Waals surface area contributed by atoms with Crippen LogP contribution in [-0.2, 0) is 0 Å². The van der Waals surface area contributed by atoms with Gasteiger partial charge in [0, 0.05) is 6.04 Å². The Morgan fingerprint density at radius 2 is 1.93 bits per heavy atom. The first-order chi connectivity index (χ1) is 6.49. The first-order valence-corrected chi connectivity index (χ1v) is 4.90. The van der Waals surface area contributed by atoms with Crippen LogP contribution in [0.25, 0.3) is 0 Å². The average molecular weight is 213 g/mol. The fourth-order valence-corrected chi connectivity index (χ4v) is 1.16. The molecule has 0 rings (SSSR count). The minimum atomic E-state index is -4.20. The van der Waals surface area contributed by atoms with Gasteiger partial charge in [-0.3, -0.25) is 0 Å². The van der Waals surface area contributed by atoms with Gasteiger partial charge < -0.3 is 10.4 Å². The van der Waals surface area contributed by atoms with Crippen molar-refractivity contribution in [2.24, 2.45) is 0 Å². The Hall–Kier alpha value is -0.290. The molecule has 0 radical (unpaired) electrons. The molecule has 0 heterocycles. The molecule has 0 aromatic carbocycles. The topological polar surface area (TPSA) is 32.3 Å². The van der Waals surface area contributed by atoms with Crippen molar-refractivity contribution in [2.75, 3.05) is 13.2 Å². The Bertz CT molecular complexity index is 139. The molecule has 0 aliphatic rings. The summed E-state index contributed by atoms with van der Waals surface area (Å²) in [4.78, 5) is 0. The predicted octanol–water partition coefficient (Wildman–Crippen LogP) is 2.08. The van der Waals surface area contributed by atoms with Crippen LogP contribution >= 0.6 is 0 Å². The van der Waals surface area contributed by atoms with Gasteiger partial charge in [0.2, 0.25) is 0 Å². The van der Waals surface area contributed by atoms with E-state index < -0.39 is 18.8 Å². The number of unbranched alkanes of at least 4 members (excludes halogenated alkanes) is 2. The fraction of sp³-hybridized carbons (Fsp3) is 1.00. The maximum Gasteiger partial charge on any atom is 0.401 e. The minimum absolute atomic E-state index is 0.236. The van der Waals surface area contributed by atoms with Crippen LogP contribution in [0.2, 0.25) is 0 Å². The predicted molar refractivity (Wildman–Crippen MR) is 49.1 cm³/mol. The average Bonchev–Trinajstić information content (AvgIpc) is 2.09. The monoisotopic (exact) mass is 213 g/mol. The van der Waals surface area contributed by atoms with Gasteiger partial charge in [-0.1, -0.05) is 26.2 Å². The fourth-order valence-electron chi connectivity index (χ4n) is 1.16. The first kappa shape index (κ1) is 13.7. The zero-order valence-corrected chi connectivity index (χ0v) is 8.40. The van der Waals surface area contributed by atoms with E-state index in [-0.39, 0.29) is 6.61 Å². The Kier molecular flexibility index (Phi) is 6.92. The second-order valence-corrected chi connectivity index (χ2v) is 3.37. The molecule has 0 saturated carbocycles. The molecule has 1 atom stereocenters. The van der Waals surface area contributed by atoms with Gasteiger partial charge in [-0.25, -0.2) is 0 Å². The van der Waals surface area contributed by atoms with Crippen LogP contribution in [0.15, 0.2) is 0 Å². The second-order valence-electron chi connectivity index (χ2n) is 3.37. The van der Waals surface area contributed by atoms with Crippen LogP contribution in [0.3, 0.4) is 0 Å². The summed E-state index contributed by atoms with van der Waals surface area (Å²) >= 11 is 0. The lowest BCUT2D eigenvalue weighted by molar-refractivity contribution is -0.126. The molecule has 0 aliphatic carbocycles. The van der Waals surface area contributed by atoms with Crippen molar-refractivity contribution in [3.63, 3.8) is 0 Å². The smallest absolute Gasteiger partial charge is 0.395 e. The highest BCUT2D eigenvalue weighted by Crippen LogP contribution is 2.13. The molecule has 5 heteroatoms. The van der Waals surface area contributed by atoms with Crippen LogP contribution in [0.4, 0.5) is 13.2 Å². The Labute approximate surface area is 82.5 Å². The molecule has 2 N–H and O–H groups in total. The summed E-state index contributed by atoms with van der Waals surface area (Å²) in [6.07, 6.45) is -0.729. The number of aliphatic hydroxyl groups is 1. The highest BCUT2D eigenvalue weighted by molar-refractivity contribution is 4.67. The highest BCUT2D eigenvalue weighted by atomic mass is 19.4. The summed E-state index contributed by atoms with van der Waals surface area (Å²) in [5.41, 5.74) is 0. The molecule has 0 aromatic heterocycles. The van der Waals surface area contributed by atoms with Crippen molar-refractivity contribution in [1.29, 1.82) is 0 Å². The molecular formula is C9H18F3NO. The molecular weight excluding hydrogens is 195 g/mol. The summed E-state index contributed by atoms with van der Waals surface area (Å²) in [7, 11) is 0. The van der Waals surface area contributed by atoms with Crippen molar-refractivity contribution < 1.29 is 18.3 Å². The molecule has 1 unspecified atom stereocenters. The molecule has 0 saturated heterocycles. The van der Waals surface area contributed by atoms with E-state index in [4.69, 9.17) is 5.11 Å². The molecule has 0 bridgehead atoms. The zero-order valence-electron chi connectivity index (χ0n) is 8.40. The number of hydrogen-bond donors (Lipinski definition) is 2. The quantitative estimate of drug-likeness (QED) is 0.634. The van der Waals surface area contributed by atoms with Gasteiger partial charge in [0.05, 0.1) is 13.2 Å². The maximum absolute atomic E-state index is 11.8. The SMILES string of the molecule is CCCCCC(CO)NCC(F)(F)F. The lowest BCUT2D eigenvalue weighted by Crippen LogP contribution is -2.39. The van der Waals surface area contributed by atoms with E-state index in [1.165, 1.54) is 0 Å². The van der Waals surface area contributed by atoms with Gasteiger partial charge in [0.15, 0.2) is 0 Å². The summed E-state index contributed by atoms with van der Waals surface area (Å²) < 4.78 is 35.4. The zero-order chi connectivity index (χ0) is 11.0. The van der Waals surface area contributed by atoms with E-state index in [1.54, 1.807) is 0 Å². The maximum atomic E-state index is 11.8. The summed E-state index contributed by atoms with van der Waals surface area (Å²) in [5.74, 6) is 0. The van der Waals surface area contributed by atoms with Crippen LogP contribution < -0.4 is 5.32 Å². The van der Waals surface area contributed by atoms with Gasteiger partial charge in [0.1, 0.15) is 0 Å². The largest absolute Gasteiger partial charge is 0.401 e. The molecule has 0 fully saturated rings. The van der Waals surface area contributed by atoms with Crippen molar-refractivity contribution >= 4 is 0 Å².